The van der Waals surface area contributed by atoms with Gasteiger partial charge in [0.1, 0.15) is 13.2 Å². The van der Waals surface area contributed by atoms with Crippen LogP contribution in [-0.2, 0) is 28.6 Å². The standard InChI is InChI=1S/C54H96O6/c1-4-7-10-13-16-19-22-25-27-29-32-35-38-41-44-47-53(56)59-50-51(49-58-52(55)46-43-40-37-34-31-24-21-18-15-12-9-6-3)60-54(57)48-45-42-39-36-33-30-28-26-23-20-17-14-11-8-5-2/h7,10,16,19,25,27,32,35,51H,4-6,8-9,11-15,17-18,20-24,26,28-31,33-34,36-50H2,1-3H3/b10-7-,19-16-,27-25-,35-32-. The summed E-state index contributed by atoms with van der Waals surface area (Å²) in [7, 11) is 0. The molecule has 0 saturated carbocycles. The Hall–Kier alpha value is -2.63. The summed E-state index contributed by atoms with van der Waals surface area (Å²) in [6.45, 7) is 6.50. The van der Waals surface area contributed by atoms with Gasteiger partial charge in [-0.25, -0.2) is 0 Å². The van der Waals surface area contributed by atoms with Gasteiger partial charge in [0.2, 0.25) is 0 Å². The van der Waals surface area contributed by atoms with Crippen molar-refractivity contribution in [3.63, 3.8) is 0 Å². The first kappa shape index (κ1) is 57.4. The molecule has 1 unspecified atom stereocenters. The van der Waals surface area contributed by atoms with Gasteiger partial charge < -0.3 is 14.2 Å². The lowest BCUT2D eigenvalue weighted by Crippen LogP contribution is -2.30. The number of hydrogen-bond donors (Lipinski definition) is 0. The van der Waals surface area contributed by atoms with Gasteiger partial charge in [0, 0.05) is 19.3 Å². The molecule has 0 heterocycles. The monoisotopic (exact) mass is 841 g/mol. The van der Waals surface area contributed by atoms with Crippen molar-refractivity contribution in [2.45, 2.75) is 264 Å². The molecule has 6 nitrogen and oxygen atoms in total. The number of carbonyl (C=O) groups excluding carboxylic acids is 3. The number of carbonyl (C=O) groups is 3. The number of ether oxygens (including phenoxy) is 3. The van der Waals surface area contributed by atoms with Crippen LogP contribution in [0.15, 0.2) is 48.6 Å². The summed E-state index contributed by atoms with van der Waals surface area (Å²) >= 11 is 0. The van der Waals surface area contributed by atoms with Gasteiger partial charge in [0.15, 0.2) is 6.10 Å². The molecule has 0 aliphatic rings. The highest BCUT2D eigenvalue weighted by Crippen LogP contribution is 2.16. The Morgan fingerprint density at radius 2 is 0.650 bits per heavy atom. The minimum absolute atomic E-state index is 0.0825. The first-order chi connectivity index (χ1) is 29.5. The van der Waals surface area contributed by atoms with E-state index in [1.807, 2.05) is 0 Å². The molecule has 0 aliphatic carbocycles. The van der Waals surface area contributed by atoms with Gasteiger partial charge in [0.05, 0.1) is 0 Å². The van der Waals surface area contributed by atoms with Crippen LogP contribution in [0.3, 0.4) is 0 Å². The molecule has 0 aromatic rings. The zero-order chi connectivity index (χ0) is 43.7. The van der Waals surface area contributed by atoms with Crippen LogP contribution in [0.2, 0.25) is 0 Å². The van der Waals surface area contributed by atoms with Crippen molar-refractivity contribution in [3.8, 4) is 0 Å². The minimum atomic E-state index is -0.784. The molecule has 0 rings (SSSR count). The third-order valence-corrected chi connectivity index (χ3v) is 11.1. The van der Waals surface area contributed by atoms with Crippen molar-refractivity contribution >= 4 is 17.9 Å². The summed E-state index contributed by atoms with van der Waals surface area (Å²) < 4.78 is 16.8. The Labute approximate surface area is 371 Å². The van der Waals surface area contributed by atoms with Crippen molar-refractivity contribution in [1.29, 1.82) is 0 Å². The van der Waals surface area contributed by atoms with Gasteiger partial charge in [-0.1, -0.05) is 230 Å². The molecule has 0 radical (unpaired) electrons. The van der Waals surface area contributed by atoms with E-state index >= 15 is 0 Å². The number of unbranched alkanes of at least 4 members (excludes halogenated alkanes) is 27. The Morgan fingerprint density at radius 3 is 1.02 bits per heavy atom. The number of esters is 3. The first-order valence-corrected chi connectivity index (χ1v) is 25.6. The maximum atomic E-state index is 12.8. The Balaban J connectivity index is 4.41. The Bertz CT molecular complexity index is 1060. The first-order valence-electron chi connectivity index (χ1n) is 25.6. The molecule has 0 aromatic carbocycles. The maximum Gasteiger partial charge on any atom is 0.306 e. The van der Waals surface area contributed by atoms with Crippen LogP contribution < -0.4 is 0 Å². The lowest BCUT2D eigenvalue weighted by Gasteiger charge is -2.18. The SMILES string of the molecule is CC/C=C\C/C=C\C/C=C\C/C=C\CCCCC(=O)OCC(COC(=O)CCCCCCCCCCCCCC)OC(=O)CCCCCCCCCCCCCCCCC. The zero-order valence-electron chi connectivity index (χ0n) is 39.7. The van der Waals surface area contributed by atoms with Gasteiger partial charge in [-0.15, -0.1) is 0 Å². The van der Waals surface area contributed by atoms with Crippen LogP contribution >= 0.6 is 0 Å². The highest BCUT2D eigenvalue weighted by atomic mass is 16.6. The summed E-state index contributed by atoms with van der Waals surface area (Å²) in [5.74, 6) is -0.917. The summed E-state index contributed by atoms with van der Waals surface area (Å²) in [6, 6.07) is 0. The summed E-state index contributed by atoms with van der Waals surface area (Å²) in [5, 5.41) is 0. The lowest BCUT2D eigenvalue weighted by atomic mass is 10.0. The van der Waals surface area contributed by atoms with E-state index in [1.165, 1.54) is 135 Å². The van der Waals surface area contributed by atoms with Crippen LogP contribution in [-0.4, -0.2) is 37.2 Å². The Morgan fingerprint density at radius 1 is 0.350 bits per heavy atom. The average molecular weight is 841 g/mol. The van der Waals surface area contributed by atoms with Crippen LogP contribution in [0.5, 0.6) is 0 Å². The Kier molecular flexibility index (Phi) is 46.9. The van der Waals surface area contributed by atoms with E-state index in [1.54, 1.807) is 0 Å². The fourth-order valence-electron chi connectivity index (χ4n) is 7.26. The predicted octanol–water partition coefficient (Wildman–Crippen LogP) is 16.7. The molecule has 0 N–H and O–H groups in total. The lowest BCUT2D eigenvalue weighted by molar-refractivity contribution is -0.167. The van der Waals surface area contributed by atoms with Crippen molar-refractivity contribution < 1.29 is 28.6 Å². The van der Waals surface area contributed by atoms with E-state index < -0.39 is 6.10 Å². The molecular weight excluding hydrogens is 745 g/mol. The highest BCUT2D eigenvalue weighted by molar-refractivity contribution is 5.71. The van der Waals surface area contributed by atoms with Gasteiger partial charge in [-0.05, 0) is 57.8 Å². The van der Waals surface area contributed by atoms with Gasteiger partial charge in [-0.2, -0.15) is 0 Å². The molecule has 0 aromatic heterocycles. The van der Waals surface area contributed by atoms with Gasteiger partial charge in [-0.3, -0.25) is 14.4 Å². The van der Waals surface area contributed by atoms with Gasteiger partial charge in [0.25, 0.3) is 0 Å². The smallest absolute Gasteiger partial charge is 0.306 e. The van der Waals surface area contributed by atoms with E-state index in [0.717, 1.165) is 83.5 Å². The second-order valence-electron chi connectivity index (χ2n) is 17.1. The topological polar surface area (TPSA) is 78.9 Å². The van der Waals surface area contributed by atoms with Gasteiger partial charge >= 0.3 is 17.9 Å². The predicted molar refractivity (Wildman–Crippen MR) is 256 cm³/mol. The van der Waals surface area contributed by atoms with Crippen molar-refractivity contribution in [2.75, 3.05) is 13.2 Å². The number of hydrogen-bond acceptors (Lipinski definition) is 6. The molecule has 0 saturated heterocycles. The fraction of sp³-hybridized carbons (Fsp3) is 0.796. The fourth-order valence-corrected chi connectivity index (χ4v) is 7.26. The van der Waals surface area contributed by atoms with Crippen molar-refractivity contribution in [3.05, 3.63) is 48.6 Å². The third-order valence-electron chi connectivity index (χ3n) is 11.1. The molecule has 60 heavy (non-hydrogen) atoms. The second-order valence-corrected chi connectivity index (χ2v) is 17.1. The molecule has 0 spiro atoms. The summed E-state index contributed by atoms with van der Waals surface area (Å²) in [6.07, 6.45) is 58.1. The normalized spacial score (nSPS) is 12.4. The number of rotatable bonds is 46. The van der Waals surface area contributed by atoms with Crippen LogP contribution in [0.4, 0.5) is 0 Å². The van der Waals surface area contributed by atoms with Crippen molar-refractivity contribution in [2.24, 2.45) is 0 Å². The maximum absolute atomic E-state index is 12.8. The molecule has 1 atom stereocenters. The van der Waals surface area contributed by atoms with E-state index in [2.05, 4.69) is 69.4 Å². The largest absolute Gasteiger partial charge is 0.462 e. The van der Waals surface area contributed by atoms with Crippen LogP contribution in [0.25, 0.3) is 0 Å². The molecule has 0 amide bonds. The highest BCUT2D eigenvalue weighted by Gasteiger charge is 2.19. The van der Waals surface area contributed by atoms with E-state index in [-0.39, 0.29) is 31.1 Å². The molecule has 6 heteroatoms. The summed E-state index contributed by atoms with van der Waals surface area (Å²) in [5.41, 5.74) is 0. The van der Waals surface area contributed by atoms with Crippen LogP contribution in [0.1, 0.15) is 258 Å². The molecular formula is C54H96O6. The summed E-state index contributed by atoms with van der Waals surface area (Å²) in [4.78, 5) is 37.9. The molecule has 0 fully saturated rings. The number of allylic oxidation sites excluding steroid dienone is 8. The molecule has 0 aliphatic heterocycles. The molecule has 348 valence electrons. The molecule has 0 bridgehead atoms. The quantitative estimate of drug-likeness (QED) is 0.0263. The average Bonchev–Trinajstić information content (AvgIpc) is 3.24. The van der Waals surface area contributed by atoms with Crippen molar-refractivity contribution in [1.82, 2.24) is 0 Å². The minimum Gasteiger partial charge on any atom is -0.462 e. The van der Waals surface area contributed by atoms with Crippen LogP contribution in [0, 0.1) is 0 Å². The third kappa shape index (κ3) is 46.4. The van der Waals surface area contributed by atoms with E-state index in [4.69, 9.17) is 14.2 Å². The van der Waals surface area contributed by atoms with E-state index in [0.29, 0.717) is 19.3 Å². The van der Waals surface area contributed by atoms with E-state index in [9.17, 15) is 14.4 Å². The second kappa shape index (κ2) is 49.0. The zero-order valence-corrected chi connectivity index (χ0v) is 39.7.